The summed E-state index contributed by atoms with van der Waals surface area (Å²) in [6.07, 6.45) is 1.24. The lowest BCUT2D eigenvalue weighted by atomic mass is 9.94. The van der Waals surface area contributed by atoms with Gasteiger partial charge in [0, 0.05) is 49.7 Å². The van der Waals surface area contributed by atoms with Crippen LogP contribution in [0.15, 0.2) is 24.3 Å². The number of carbonyl (C=O) groups excluding carboxylic acids is 1. The highest BCUT2D eigenvalue weighted by molar-refractivity contribution is 5.76. The molecule has 0 bridgehead atoms. The second-order valence-corrected chi connectivity index (χ2v) is 9.23. The molecule has 1 aliphatic carbocycles. The first-order valence-electron chi connectivity index (χ1n) is 10.2. The summed E-state index contributed by atoms with van der Waals surface area (Å²) in [7, 11) is 0. The zero-order valence-corrected chi connectivity index (χ0v) is 16.9. The van der Waals surface area contributed by atoms with Crippen LogP contribution in [0.3, 0.4) is 0 Å². The molecular formula is C22H33N3O. The number of fused-ring (bicyclic) bond motifs is 1. The monoisotopic (exact) mass is 355 g/mol. The molecule has 1 saturated carbocycles. The summed E-state index contributed by atoms with van der Waals surface area (Å²) in [6, 6.07) is 10.6. The van der Waals surface area contributed by atoms with Crippen LogP contribution in [0.25, 0.3) is 0 Å². The molecular weight excluding hydrogens is 322 g/mol. The predicted octanol–water partition coefficient (Wildman–Crippen LogP) is 3.49. The summed E-state index contributed by atoms with van der Waals surface area (Å²) in [5, 5.41) is 0. The van der Waals surface area contributed by atoms with E-state index >= 15 is 0 Å². The van der Waals surface area contributed by atoms with E-state index in [1.54, 1.807) is 0 Å². The molecule has 2 aliphatic heterocycles. The molecule has 142 valence electrons. The Morgan fingerprint density at radius 2 is 1.65 bits per heavy atom. The van der Waals surface area contributed by atoms with Gasteiger partial charge in [0.2, 0.25) is 0 Å². The number of piperidine rings is 1. The van der Waals surface area contributed by atoms with E-state index in [9.17, 15) is 4.79 Å². The fourth-order valence-electron chi connectivity index (χ4n) is 5.67. The van der Waals surface area contributed by atoms with Gasteiger partial charge in [-0.3, -0.25) is 4.90 Å². The lowest BCUT2D eigenvalue weighted by molar-refractivity contribution is 0.0247. The summed E-state index contributed by atoms with van der Waals surface area (Å²) in [5.41, 5.74) is 2.97. The Morgan fingerprint density at radius 1 is 1.04 bits per heavy atom. The normalized spacial score (nSPS) is 34.3. The van der Waals surface area contributed by atoms with Crippen molar-refractivity contribution in [3.63, 3.8) is 0 Å². The van der Waals surface area contributed by atoms with Crippen molar-refractivity contribution in [2.24, 2.45) is 5.92 Å². The average molecular weight is 356 g/mol. The molecule has 0 aromatic heterocycles. The number of hydrogen-bond donors (Lipinski definition) is 0. The highest BCUT2D eigenvalue weighted by Gasteiger charge is 2.62. The zero-order valence-electron chi connectivity index (χ0n) is 16.9. The number of amides is 2. The Kier molecular flexibility index (Phi) is 4.30. The lowest BCUT2D eigenvalue weighted by Gasteiger charge is -2.47. The van der Waals surface area contributed by atoms with Gasteiger partial charge in [0.25, 0.3) is 0 Å². The number of hydrogen-bond acceptors (Lipinski definition) is 2. The first-order valence-corrected chi connectivity index (χ1v) is 10.2. The van der Waals surface area contributed by atoms with Crippen molar-refractivity contribution >= 4 is 6.03 Å². The summed E-state index contributed by atoms with van der Waals surface area (Å²) in [6.45, 7) is 14.7. The Hall–Kier alpha value is -1.55. The highest BCUT2D eigenvalue weighted by Crippen LogP contribution is 2.59. The van der Waals surface area contributed by atoms with Gasteiger partial charge in [-0.15, -0.1) is 0 Å². The number of urea groups is 1. The number of rotatable bonds is 2. The third-order valence-electron chi connectivity index (χ3n) is 6.90. The maximum Gasteiger partial charge on any atom is 0.320 e. The summed E-state index contributed by atoms with van der Waals surface area (Å²) in [4.78, 5) is 20.0. The third kappa shape index (κ3) is 2.83. The minimum Gasteiger partial charge on any atom is -0.323 e. The quantitative estimate of drug-likeness (QED) is 0.812. The zero-order chi connectivity index (χ0) is 18.6. The van der Waals surface area contributed by atoms with Gasteiger partial charge in [-0.1, -0.05) is 29.8 Å². The van der Waals surface area contributed by atoms with E-state index in [2.05, 4.69) is 73.6 Å². The summed E-state index contributed by atoms with van der Waals surface area (Å²) >= 11 is 0. The number of likely N-dealkylation sites (tertiary alicyclic amines) is 1. The van der Waals surface area contributed by atoms with Crippen LogP contribution < -0.4 is 0 Å². The van der Waals surface area contributed by atoms with Crippen molar-refractivity contribution in [3.8, 4) is 0 Å². The number of aryl methyl sites for hydroxylation is 1. The standard InChI is InChI=1S/C22H33N3O/c1-15(2)25-17(4)11-23(12-18(25)5)21(26)24-13-20-10-22(20,14-24)19-8-6-16(3)7-9-19/h6-9,15,17-18,20H,10-14H2,1-5H3/t17-,18+,20?,22?. The van der Waals surface area contributed by atoms with Crippen LogP contribution >= 0.6 is 0 Å². The molecule has 2 amide bonds. The van der Waals surface area contributed by atoms with E-state index in [4.69, 9.17) is 0 Å². The van der Waals surface area contributed by atoms with Crippen LogP contribution in [0, 0.1) is 12.8 Å². The molecule has 3 aliphatic rings. The average Bonchev–Trinajstić information content (AvgIpc) is 3.15. The Labute approximate surface area is 158 Å². The van der Waals surface area contributed by atoms with Gasteiger partial charge in [-0.05, 0) is 52.5 Å². The molecule has 1 aromatic rings. The molecule has 2 saturated heterocycles. The van der Waals surface area contributed by atoms with Crippen molar-refractivity contribution in [2.45, 2.75) is 64.6 Å². The Morgan fingerprint density at radius 3 is 2.23 bits per heavy atom. The van der Waals surface area contributed by atoms with Crippen molar-refractivity contribution in [1.29, 1.82) is 0 Å². The summed E-state index contributed by atoms with van der Waals surface area (Å²) < 4.78 is 0. The fourth-order valence-corrected chi connectivity index (χ4v) is 5.67. The van der Waals surface area contributed by atoms with Gasteiger partial charge in [-0.25, -0.2) is 4.79 Å². The maximum absolute atomic E-state index is 13.2. The summed E-state index contributed by atoms with van der Waals surface area (Å²) in [5.74, 6) is 0.654. The topological polar surface area (TPSA) is 26.8 Å². The minimum absolute atomic E-state index is 0.236. The number of nitrogens with zero attached hydrogens (tertiary/aromatic N) is 3. The fraction of sp³-hybridized carbons (Fsp3) is 0.682. The van der Waals surface area contributed by atoms with Crippen molar-refractivity contribution in [2.75, 3.05) is 26.2 Å². The highest BCUT2D eigenvalue weighted by atomic mass is 16.2. The van der Waals surface area contributed by atoms with Gasteiger partial charge in [-0.2, -0.15) is 0 Å². The van der Waals surface area contributed by atoms with E-state index in [-0.39, 0.29) is 11.4 Å². The molecule has 0 radical (unpaired) electrons. The molecule has 2 heterocycles. The number of carbonyl (C=O) groups is 1. The van der Waals surface area contributed by atoms with E-state index in [1.807, 2.05) is 0 Å². The van der Waals surface area contributed by atoms with Crippen LogP contribution in [0.5, 0.6) is 0 Å². The molecule has 4 atom stereocenters. The maximum atomic E-state index is 13.2. The second-order valence-electron chi connectivity index (χ2n) is 9.23. The third-order valence-corrected chi connectivity index (χ3v) is 6.90. The van der Waals surface area contributed by atoms with Gasteiger partial charge < -0.3 is 9.80 Å². The molecule has 2 unspecified atom stereocenters. The van der Waals surface area contributed by atoms with E-state index in [1.165, 1.54) is 17.5 Å². The van der Waals surface area contributed by atoms with Crippen LogP contribution in [0.2, 0.25) is 0 Å². The van der Waals surface area contributed by atoms with Gasteiger partial charge >= 0.3 is 6.03 Å². The largest absolute Gasteiger partial charge is 0.323 e. The van der Waals surface area contributed by atoms with E-state index < -0.39 is 0 Å². The number of piperazine rings is 1. The van der Waals surface area contributed by atoms with E-state index in [0.29, 0.717) is 24.0 Å². The van der Waals surface area contributed by atoms with Crippen LogP contribution in [0.1, 0.15) is 45.2 Å². The van der Waals surface area contributed by atoms with Crippen molar-refractivity contribution in [1.82, 2.24) is 14.7 Å². The minimum atomic E-state index is 0.236. The van der Waals surface area contributed by atoms with E-state index in [0.717, 1.165) is 26.2 Å². The first kappa shape index (κ1) is 17.8. The van der Waals surface area contributed by atoms with Crippen molar-refractivity contribution < 1.29 is 4.79 Å². The van der Waals surface area contributed by atoms with Crippen LogP contribution in [-0.2, 0) is 5.41 Å². The van der Waals surface area contributed by atoms with Gasteiger partial charge in [0.05, 0.1) is 0 Å². The molecule has 0 spiro atoms. The molecule has 26 heavy (non-hydrogen) atoms. The van der Waals surface area contributed by atoms with Gasteiger partial charge in [0.1, 0.15) is 0 Å². The second kappa shape index (κ2) is 6.26. The van der Waals surface area contributed by atoms with Crippen LogP contribution in [0.4, 0.5) is 4.79 Å². The van der Waals surface area contributed by atoms with Gasteiger partial charge in [0.15, 0.2) is 0 Å². The molecule has 3 fully saturated rings. The Balaban J connectivity index is 1.44. The van der Waals surface area contributed by atoms with Crippen molar-refractivity contribution in [3.05, 3.63) is 35.4 Å². The molecule has 4 nitrogen and oxygen atoms in total. The molecule has 0 N–H and O–H groups in total. The van der Waals surface area contributed by atoms with Crippen LogP contribution in [-0.4, -0.2) is 65.0 Å². The lowest BCUT2D eigenvalue weighted by Crippen LogP contribution is -2.61. The smallest absolute Gasteiger partial charge is 0.320 e. The number of benzene rings is 1. The molecule has 4 rings (SSSR count). The Bertz CT molecular complexity index is 673. The molecule has 1 aromatic carbocycles. The SMILES string of the molecule is Cc1ccc(C23CC2CN(C(=O)N2C[C@@H](C)N(C(C)C)[C@@H](C)C2)C3)cc1. The first-order chi connectivity index (χ1) is 12.3. The predicted molar refractivity (Wildman–Crippen MR) is 105 cm³/mol. The molecule has 4 heteroatoms.